The van der Waals surface area contributed by atoms with Crippen molar-refractivity contribution in [1.29, 1.82) is 0 Å². The highest BCUT2D eigenvalue weighted by Crippen LogP contribution is 2.30. The zero-order valence-corrected chi connectivity index (χ0v) is 18.4. The molecule has 30 heavy (non-hydrogen) atoms. The Bertz CT molecular complexity index is 940. The number of hydrogen-bond acceptors (Lipinski definition) is 4. The lowest BCUT2D eigenvalue weighted by molar-refractivity contribution is -0.123. The molecule has 7 nitrogen and oxygen atoms in total. The van der Waals surface area contributed by atoms with E-state index in [1.807, 2.05) is 26.0 Å². The normalized spacial score (nSPS) is 12.9. The summed E-state index contributed by atoms with van der Waals surface area (Å²) in [6.45, 7) is 3.85. The van der Waals surface area contributed by atoms with E-state index in [1.165, 1.54) is 0 Å². The van der Waals surface area contributed by atoms with Gasteiger partial charge in [0.1, 0.15) is 5.75 Å². The lowest BCUT2D eigenvalue weighted by Crippen LogP contribution is -2.43. The van der Waals surface area contributed by atoms with Gasteiger partial charge in [-0.2, -0.15) is 0 Å². The lowest BCUT2D eigenvalue weighted by Gasteiger charge is -2.14. The SMILES string of the molecule is CC(C)c1cc(Br)ccc1OCC(=O)NNC(=O)c1ccc(NC(=O)C2CC2)cc1. The number of amides is 3. The highest BCUT2D eigenvalue weighted by molar-refractivity contribution is 9.10. The fourth-order valence-corrected chi connectivity index (χ4v) is 3.15. The Morgan fingerprint density at radius 2 is 1.77 bits per heavy atom. The van der Waals surface area contributed by atoms with Gasteiger partial charge in [-0.3, -0.25) is 25.2 Å². The summed E-state index contributed by atoms with van der Waals surface area (Å²) in [7, 11) is 0. The fraction of sp³-hybridized carbons (Fsp3) is 0.318. The number of ether oxygens (including phenoxy) is 1. The summed E-state index contributed by atoms with van der Waals surface area (Å²) in [6, 6.07) is 12.1. The molecule has 2 aromatic carbocycles. The van der Waals surface area contributed by atoms with Gasteiger partial charge in [0, 0.05) is 21.6 Å². The quantitative estimate of drug-likeness (QED) is 0.533. The standard InChI is InChI=1S/C22H24BrN3O4/c1-13(2)18-11-16(23)7-10-19(18)30-12-20(27)25-26-22(29)15-5-8-17(9-6-15)24-21(28)14-3-4-14/h5-11,13-14H,3-4,12H2,1-2H3,(H,24,28)(H,25,27)(H,26,29). The molecule has 0 radical (unpaired) electrons. The number of carbonyl (C=O) groups is 3. The Hall–Kier alpha value is -2.87. The van der Waals surface area contributed by atoms with Crippen molar-refractivity contribution in [1.82, 2.24) is 10.9 Å². The van der Waals surface area contributed by atoms with Crippen molar-refractivity contribution in [3.63, 3.8) is 0 Å². The molecule has 1 aliphatic carbocycles. The van der Waals surface area contributed by atoms with Crippen LogP contribution in [0.15, 0.2) is 46.9 Å². The van der Waals surface area contributed by atoms with Gasteiger partial charge in [-0.1, -0.05) is 29.8 Å². The van der Waals surface area contributed by atoms with E-state index < -0.39 is 11.8 Å². The van der Waals surface area contributed by atoms with Crippen LogP contribution < -0.4 is 20.9 Å². The molecule has 1 aliphatic rings. The van der Waals surface area contributed by atoms with Crippen molar-refractivity contribution in [2.24, 2.45) is 5.92 Å². The van der Waals surface area contributed by atoms with Gasteiger partial charge in [-0.25, -0.2) is 0 Å². The highest BCUT2D eigenvalue weighted by Gasteiger charge is 2.29. The van der Waals surface area contributed by atoms with Crippen LogP contribution in [-0.4, -0.2) is 24.3 Å². The first-order chi connectivity index (χ1) is 14.3. The number of hydrazine groups is 1. The van der Waals surface area contributed by atoms with Crippen molar-refractivity contribution >= 4 is 39.3 Å². The summed E-state index contributed by atoms with van der Waals surface area (Å²) in [5, 5.41) is 2.81. The van der Waals surface area contributed by atoms with Gasteiger partial charge in [0.15, 0.2) is 6.61 Å². The molecule has 8 heteroatoms. The van der Waals surface area contributed by atoms with Crippen LogP contribution >= 0.6 is 15.9 Å². The van der Waals surface area contributed by atoms with E-state index in [2.05, 4.69) is 32.1 Å². The monoisotopic (exact) mass is 473 g/mol. The molecule has 158 valence electrons. The van der Waals surface area contributed by atoms with E-state index in [4.69, 9.17) is 4.74 Å². The maximum Gasteiger partial charge on any atom is 0.276 e. The smallest absolute Gasteiger partial charge is 0.276 e. The molecule has 0 bridgehead atoms. The predicted molar refractivity (Wildman–Crippen MR) is 117 cm³/mol. The summed E-state index contributed by atoms with van der Waals surface area (Å²) in [5.74, 6) is 0.0327. The summed E-state index contributed by atoms with van der Waals surface area (Å²) in [5.41, 5.74) is 6.67. The van der Waals surface area contributed by atoms with Crippen molar-refractivity contribution in [3.8, 4) is 5.75 Å². The highest BCUT2D eigenvalue weighted by atomic mass is 79.9. The zero-order valence-electron chi connectivity index (χ0n) is 16.8. The van der Waals surface area contributed by atoms with Crippen LogP contribution in [0.25, 0.3) is 0 Å². The number of halogens is 1. The average Bonchev–Trinajstić information content (AvgIpc) is 3.57. The summed E-state index contributed by atoms with van der Waals surface area (Å²) in [6.07, 6.45) is 1.85. The van der Waals surface area contributed by atoms with E-state index in [1.54, 1.807) is 30.3 Å². The minimum atomic E-state index is -0.478. The van der Waals surface area contributed by atoms with Crippen LogP contribution in [0.3, 0.4) is 0 Å². The fourth-order valence-electron chi connectivity index (χ4n) is 2.77. The Morgan fingerprint density at radius 1 is 1.07 bits per heavy atom. The largest absolute Gasteiger partial charge is 0.483 e. The number of rotatable bonds is 7. The second kappa shape index (κ2) is 9.75. The second-order valence-electron chi connectivity index (χ2n) is 7.47. The minimum absolute atomic E-state index is 0.00543. The third kappa shape index (κ3) is 6.06. The third-order valence-electron chi connectivity index (χ3n) is 4.63. The van der Waals surface area contributed by atoms with Crippen LogP contribution in [0.2, 0.25) is 0 Å². The number of anilines is 1. The number of carbonyl (C=O) groups excluding carboxylic acids is 3. The molecular formula is C22H24BrN3O4. The molecule has 3 N–H and O–H groups in total. The van der Waals surface area contributed by atoms with Crippen LogP contribution in [0.5, 0.6) is 5.75 Å². The Balaban J connectivity index is 1.46. The van der Waals surface area contributed by atoms with E-state index in [0.29, 0.717) is 17.0 Å². The molecule has 0 heterocycles. The van der Waals surface area contributed by atoms with Crippen LogP contribution in [0, 0.1) is 5.92 Å². The lowest BCUT2D eigenvalue weighted by atomic mass is 10.0. The molecule has 0 saturated heterocycles. The third-order valence-corrected chi connectivity index (χ3v) is 5.12. The van der Waals surface area contributed by atoms with Crippen LogP contribution in [0.4, 0.5) is 5.69 Å². The molecule has 0 unspecified atom stereocenters. The predicted octanol–water partition coefficient (Wildman–Crippen LogP) is 3.76. The molecule has 1 fully saturated rings. The first-order valence-corrected chi connectivity index (χ1v) is 10.5. The number of benzene rings is 2. The summed E-state index contributed by atoms with van der Waals surface area (Å²) < 4.78 is 6.54. The zero-order chi connectivity index (χ0) is 21.7. The molecule has 0 aromatic heterocycles. The first-order valence-electron chi connectivity index (χ1n) is 9.76. The molecule has 3 rings (SSSR count). The summed E-state index contributed by atoms with van der Waals surface area (Å²) in [4.78, 5) is 36.0. The van der Waals surface area contributed by atoms with Gasteiger partial charge in [0.25, 0.3) is 11.8 Å². The van der Waals surface area contributed by atoms with E-state index in [0.717, 1.165) is 22.9 Å². The average molecular weight is 474 g/mol. The number of hydrogen-bond donors (Lipinski definition) is 3. The van der Waals surface area contributed by atoms with Gasteiger partial charge in [0.2, 0.25) is 5.91 Å². The molecule has 0 spiro atoms. The van der Waals surface area contributed by atoms with E-state index in [-0.39, 0.29) is 24.3 Å². The van der Waals surface area contributed by atoms with Crippen molar-refractivity contribution in [2.45, 2.75) is 32.6 Å². The summed E-state index contributed by atoms with van der Waals surface area (Å²) >= 11 is 3.43. The second-order valence-corrected chi connectivity index (χ2v) is 8.38. The molecular weight excluding hydrogens is 450 g/mol. The van der Waals surface area contributed by atoms with Crippen molar-refractivity contribution < 1.29 is 19.1 Å². The van der Waals surface area contributed by atoms with Gasteiger partial charge in [-0.05, 0) is 66.8 Å². The van der Waals surface area contributed by atoms with E-state index >= 15 is 0 Å². The topological polar surface area (TPSA) is 96.5 Å². The maximum absolute atomic E-state index is 12.2. The minimum Gasteiger partial charge on any atom is -0.483 e. The Morgan fingerprint density at radius 3 is 2.40 bits per heavy atom. The maximum atomic E-state index is 12.2. The molecule has 0 atom stereocenters. The Kier molecular flexibility index (Phi) is 7.10. The van der Waals surface area contributed by atoms with Crippen LogP contribution in [0.1, 0.15) is 48.5 Å². The van der Waals surface area contributed by atoms with E-state index in [9.17, 15) is 14.4 Å². The number of nitrogens with one attached hydrogen (secondary N) is 3. The molecule has 1 saturated carbocycles. The van der Waals surface area contributed by atoms with Gasteiger partial charge in [-0.15, -0.1) is 0 Å². The van der Waals surface area contributed by atoms with Gasteiger partial charge in [0.05, 0.1) is 0 Å². The van der Waals surface area contributed by atoms with Gasteiger partial charge < -0.3 is 10.1 Å². The van der Waals surface area contributed by atoms with Crippen molar-refractivity contribution in [2.75, 3.05) is 11.9 Å². The Labute approximate surface area is 183 Å². The molecule has 2 aromatic rings. The molecule has 0 aliphatic heterocycles. The van der Waals surface area contributed by atoms with Crippen LogP contribution in [-0.2, 0) is 9.59 Å². The molecule has 3 amide bonds. The first kappa shape index (κ1) is 21.8. The van der Waals surface area contributed by atoms with Crippen molar-refractivity contribution in [3.05, 3.63) is 58.1 Å². The van der Waals surface area contributed by atoms with Gasteiger partial charge >= 0.3 is 0 Å².